The Hall–Kier alpha value is -1.47. The summed E-state index contributed by atoms with van der Waals surface area (Å²) in [6, 6.07) is 13.1. The Labute approximate surface area is 158 Å². The number of rotatable bonds is 10. The first-order chi connectivity index (χ1) is 12.2. The van der Waals surface area contributed by atoms with E-state index in [4.69, 9.17) is 16.3 Å². The maximum atomic E-state index is 6.10. The molecule has 2 aromatic carbocycles. The summed E-state index contributed by atoms with van der Waals surface area (Å²) in [4.78, 5) is 0. The third-order valence-electron chi connectivity index (χ3n) is 4.78. The Kier molecular flexibility index (Phi) is 8.34. The van der Waals surface area contributed by atoms with E-state index in [-0.39, 0.29) is 0 Å². The van der Waals surface area contributed by atoms with Crippen molar-refractivity contribution in [1.82, 2.24) is 0 Å². The predicted molar refractivity (Wildman–Crippen MR) is 110 cm³/mol. The van der Waals surface area contributed by atoms with Gasteiger partial charge in [0.2, 0.25) is 0 Å². The lowest BCUT2D eigenvalue weighted by molar-refractivity contribution is 0.307. The van der Waals surface area contributed by atoms with E-state index in [0.29, 0.717) is 0 Å². The first-order valence-electron chi connectivity index (χ1n) is 9.67. The van der Waals surface area contributed by atoms with Crippen molar-refractivity contribution in [1.29, 1.82) is 0 Å². The highest BCUT2D eigenvalue weighted by atomic mass is 35.5. The molecule has 0 heterocycles. The summed E-state index contributed by atoms with van der Waals surface area (Å²) in [6.07, 6.45) is 6.49. The van der Waals surface area contributed by atoms with Crippen LogP contribution < -0.4 is 4.74 Å². The van der Waals surface area contributed by atoms with Crippen LogP contribution in [0.25, 0.3) is 11.1 Å². The van der Waals surface area contributed by atoms with Crippen LogP contribution in [0.2, 0.25) is 0 Å². The Bertz CT molecular complexity index is 638. The topological polar surface area (TPSA) is 9.23 Å². The van der Waals surface area contributed by atoms with Crippen LogP contribution in [0, 0.1) is 0 Å². The zero-order valence-electron chi connectivity index (χ0n) is 15.9. The summed E-state index contributed by atoms with van der Waals surface area (Å²) < 4.78 is 6.10. The zero-order chi connectivity index (χ0) is 18.1. The summed E-state index contributed by atoms with van der Waals surface area (Å²) in [5.41, 5.74) is 6.94. The molecule has 0 N–H and O–H groups in total. The van der Waals surface area contributed by atoms with Crippen molar-refractivity contribution in [2.45, 2.75) is 59.3 Å². The second-order valence-corrected chi connectivity index (χ2v) is 6.81. The summed E-state index contributed by atoms with van der Waals surface area (Å²) in [7, 11) is 0. The summed E-state index contributed by atoms with van der Waals surface area (Å²) in [5, 5.41) is 0. The first kappa shape index (κ1) is 19.8. The van der Waals surface area contributed by atoms with Crippen LogP contribution in [-0.2, 0) is 19.3 Å². The molecule has 1 nitrogen and oxygen atoms in total. The van der Waals surface area contributed by atoms with Gasteiger partial charge in [0.25, 0.3) is 0 Å². The molecule has 0 aliphatic heterocycles. The van der Waals surface area contributed by atoms with Gasteiger partial charge in [-0.05, 0) is 66.8 Å². The van der Waals surface area contributed by atoms with Gasteiger partial charge in [-0.1, -0.05) is 51.1 Å². The molecule has 0 amide bonds. The lowest BCUT2D eigenvalue weighted by atomic mass is 9.90. The summed E-state index contributed by atoms with van der Waals surface area (Å²) >= 11 is 5.74. The number of halogens is 1. The third kappa shape index (κ3) is 5.25. The van der Waals surface area contributed by atoms with E-state index in [1.54, 1.807) is 0 Å². The molecule has 0 aliphatic rings. The molecular weight excluding hydrogens is 328 g/mol. The van der Waals surface area contributed by atoms with E-state index >= 15 is 0 Å². The summed E-state index contributed by atoms with van der Waals surface area (Å²) in [6.45, 7) is 7.50. The van der Waals surface area contributed by atoms with Crippen LogP contribution >= 0.6 is 11.6 Å². The molecule has 2 heteroatoms. The molecule has 0 bridgehead atoms. The summed E-state index contributed by atoms with van der Waals surface area (Å²) in [5.74, 6) is 1.72. The smallest absolute Gasteiger partial charge is 0.127 e. The van der Waals surface area contributed by atoms with E-state index in [1.807, 2.05) is 0 Å². The normalized spacial score (nSPS) is 10.9. The molecular formula is C23H31ClO. The van der Waals surface area contributed by atoms with Crippen molar-refractivity contribution in [2.75, 3.05) is 12.5 Å². The van der Waals surface area contributed by atoms with Gasteiger partial charge in [-0.2, -0.15) is 0 Å². The fourth-order valence-corrected chi connectivity index (χ4v) is 3.61. The average molecular weight is 359 g/mol. The highest BCUT2D eigenvalue weighted by Crippen LogP contribution is 2.33. The van der Waals surface area contributed by atoms with Gasteiger partial charge in [0.05, 0.1) is 6.61 Å². The van der Waals surface area contributed by atoms with Crippen LogP contribution in [0.15, 0.2) is 36.4 Å². The molecule has 0 saturated heterocycles. The molecule has 0 atom stereocenters. The SMILES string of the molecule is CCc1cc(-c2ccccc2OCCCCCCl)cc(CC)c1CC. The Morgan fingerprint density at radius 3 is 2.12 bits per heavy atom. The van der Waals surface area contributed by atoms with Gasteiger partial charge in [-0.15, -0.1) is 11.6 Å². The molecule has 0 unspecified atom stereocenters. The Balaban J connectivity index is 2.29. The van der Waals surface area contributed by atoms with Crippen molar-refractivity contribution in [3.05, 3.63) is 53.1 Å². The lowest BCUT2D eigenvalue weighted by Gasteiger charge is -2.17. The van der Waals surface area contributed by atoms with E-state index in [0.717, 1.165) is 56.8 Å². The maximum absolute atomic E-state index is 6.10. The molecule has 136 valence electrons. The second kappa shape index (κ2) is 10.5. The van der Waals surface area contributed by atoms with Gasteiger partial charge in [0, 0.05) is 11.4 Å². The fraction of sp³-hybridized carbons (Fsp3) is 0.478. The second-order valence-electron chi connectivity index (χ2n) is 6.43. The molecule has 0 aromatic heterocycles. The first-order valence-corrected chi connectivity index (χ1v) is 10.2. The van der Waals surface area contributed by atoms with Crippen LogP contribution in [-0.4, -0.2) is 12.5 Å². The van der Waals surface area contributed by atoms with Gasteiger partial charge in [0.1, 0.15) is 5.75 Å². The molecule has 0 radical (unpaired) electrons. The van der Waals surface area contributed by atoms with E-state index in [9.17, 15) is 0 Å². The van der Waals surface area contributed by atoms with Crippen LogP contribution in [0.4, 0.5) is 0 Å². The maximum Gasteiger partial charge on any atom is 0.127 e. The van der Waals surface area contributed by atoms with Gasteiger partial charge >= 0.3 is 0 Å². The standard InChI is InChI=1S/C23H31ClO/c1-4-18-16-20(17-19(5-2)21(18)6-3)22-12-8-9-13-23(22)25-15-11-7-10-14-24/h8-9,12-13,16-17H,4-7,10-11,14-15H2,1-3H3. The minimum atomic E-state index is 0.736. The number of alkyl halides is 1. The van der Waals surface area contributed by atoms with Gasteiger partial charge in [-0.25, -0.2) is 0 Å². The molecule has 0 saturated carbocycles. The van der Waals surface area contributed by atoms with Gasteiger partial charge in [0.15, 0.2) is 0 Å². The highest BCUT2D eigenvalue weighted by Gasteiger charge is 2.12. The van der Waals surface area contributed by atoms with Crippen LogP contribution in [0.1, 0.15) is 56.7 Å². The zero-order valence-corrected chi connectivity index (χ0v) is 16.7. The van der Waals surface area contributed by atoms with Gasteiger partial charge in [-0.3, -0.25) is 0 Å². The monoisotopic (exact) mass is 358 g/mol. The number of ether oxygens (including phenoxy) is 1. The molecule has 0 aliphatic carbocycles. The van der Waals surface area contributed by atoms with Crippen molar-refractivity contribution in [3.8, 4) is 16.9 Å². The largest absolute Gasteiger partial charge is 0.493 e. The third-order valence-corrected chi connectivity index (χ3v) is 5.05. The number of unbranched alkanes of at least 4 members (excludes halogenated alkanes) is 2. The van der Waals surface area contributed by atoms with Crippen molar-refractivity contribution < 1.29 is 4.74 Å². The van der Waals surface area contributed by atoms with E-state index in [2.05, 4.69) is 57.2 Å². The molecule has 0 fully saturated rings. The quantitative estimate of drug-likeness (QED) is 0.334. The number of hydrogen-bond acceptors (Lipinski definition) is 1. The fourth-order valence-electron chi connectivity index (χ4n) is 3.42. The number of benzene rings is 2. The Morgan fingerprint density at radius 2 is 1.52 bits per heavy atom. The number of hydrogen-bond donors (Lipinski definition) is 0. The predicted octanol–water partition coefficient (Wildman–Crippen LogP) is 6.83. The van der Waals surface area contributed by atoms with Crippen LogP contribution in [0.3, 0.4) is 0 Å². The number of aryl methyl sites for hydroxylation is 2. The van der Waals surface area contributed by atoms with Crippen molar-refractivity contribution in [3.63, 3.8) is 0 Å². The van der Waals surface area contributed by atoms with Crippen LogP contribution in [0.5, 0.6) is 5.75 Å². The van der Waals surface area contributed by atoms with Crippen molar-refractivity contribution in [2.24, 2.45) is 0 Å². The highest BCUT2D eigenvalue weighted by molar-refractivity contribution is 6.17. The minimum absolute atomic E-state index is 0.736. The molecule has 25 heavy (non-hydrogen) atoms. The lowest BCUT2D eigenvalue weighted by Crippen LogP contribution is -2.01. The molecule has 0 spiro atoms. The van der Waals surface area contributed by atoms with E-state index in [1.165, 1.54) is 27.8 Å². The molecule has 2 rings (SSSR count). The van der Waals surface area contributed by atoms with Crippen molar-refractivity contribution >= 4 is 11.6 Å². The van der Waals surface area contributed by atoms with Gasteiger partial charge < -0.3 is 4.74 Å². The Morgan fingerprint density at radius 1 is 0.840 bits per heavy atom. The molecule has 2 aromatic rings. The van der Waals surface area contributed by atoms with E-state index < -0.39 is 0 Å². The minimum Gasteiger partial charge on any atom is -0.493 e. The average Bonchev–Trinajstić information content (AvgIpc) is 2.66. The number of para-hydroxylation sites is 1.